The van der Waals surface area contributed by atoms with Crippen molar-refractivity contribution < 1.29 is 27.5 Å². The van der Waals surface area contributed by atoms with Crippen LogP contribution in [0.1, 0.15) is 44.9 Å². The molecule has 4 rings (SSSR count). The number of alkyl halides is 3. The Balaban J connectivity index is 1.16. The van der Waals surface area contributed by atoms with Crippen LogP contribution in [-0.2, 0) is 30.5 Å². The van der Waals surface area contributed by atoms with Gasteiger partial charge >= 0.3 is 6.18 Å². The van der Waals surface area contributed by atoms with E-state index in [0.717, 1.165) is 12.3 Å². The number of carbonyl (C=O) groups excluding carboxylic acids is 2. The number of carbonyl (C=O) groups is 2. The average Bonchev–Trinajstić information content (AvgIpc) is 3.49. The van der Waals surface area contributed by atoms with E-state index in [-0.39, 0.29) is 29.4 Å². The van der Waals surface area contributed by atoms with Crippen LogP contribution in [0.4, 0.5) is 13.2 Å². The number of rotatable bonds is 11. The van der Waals surface area contributed by atoms with Crippen molar-refractivity contribution in [3.05, 3.63) is 53.4 Å². The molecule has 3 aromatic rings. The normalized spacial score (nSPS) is 13.9. The van der Waals surface area contributed by atoms with Gasteiger partial charge in [-0.15, -0.1) is 10.2 Å². The van der Waals surface area contributed by atoms with Crippen LogP contribution in [0.15, 0.2) is 30.9 Å². The smallest absolute Gasteiger partial charge is 0.381 e. The number of nitrogens with one attached hydrogen (secondary N) is 2. The summed E-state index contributed by atoms with van der Waals surface area (Å²) >= 11 is 0. The molecule has 0 bridgehead atoms. The van der Waals surface area contributed by atoms with Gasteiger partial charge in [-0.2, -0.15) is 13.2 Å². The lowest BCUT2D eigenvalue weighted by Crippen LogP contribution is -2.39. The third-order valence-corrected chi connectivity index (χ3v) is 5.40. The number of amides is 2. The number of halogens is 3. The molecular formula is C21H24F3N9O3. The fourth-order valence-electron chi connectivity index (χ4n) is 3.31. The summed E-state index contributed by atoms with van der Waals surface area (Å²) in [6.45, 7) is 2.76. The quantitative estimate of drug-likeness (QED) is 0.367. The Labute approximate surface area is 203 Å². The number of ether oxygens (including phenoxy) is 1. The molecule has 1 aliphatic rings. The Bertz CT molecular complexity index is 1190. The summed E-state index contributed by atoms with van der Waals surface area (Å²) in [6, 6.07) is 0.930. The highest BCUT2D eigenvalue weighted by Crippen LogP contribution is 2.28. The van der Waals surface area contributed by atoms with Gasteiger partial charge in [0.2, 0.25) is 0 Å². The first-order valence-corrected chi connectivity index (χ1v) is 11.2. The highest BCUT2D eigenvalue weighted by atomic mass is 19.4. The van der Waals surface area contributed by atoms with Gasteiger partial charge in [-0.25, -0.2) is 0 Å². The molecule has 2 N–H and O–H groups in total. The largest absolute Gasteiger partial charge is 0.417 e. The molecule has 1 fully saturated rings. The van der Waals surface area contributed by atoms with Gasteiger partial charge in [0, 0.05) is 44.5 Å². The Morgan fingerprint density at radius 2 is 1.58 bits per heavy atom. The van der Waals surface area contributed by atoms with Crippen molar-refractivity contribution in [2.24, 2.45) is 5.92 Å². The third-order valence-electron chi connectivity index (χ3n) is 5.40. The molecule has 0 aromatic carbocycles. The molecule has 2 amide bonds. The molecule has 15 heteroatoms. The predicted octanol–water partition coefficient (Wildman–Crippen LogP) is 1.07. The lowest BCUT2D eigenvalue weighted by molar-refractivity contribution is -0.137. The van der Waals surface area contributed by atoms with Crippen LogP contribution in [0.25, 0.3) is 0 Å². The first-order chi connectivity index (χ1) is 17.3. The summed E-state index contributed by atoms with van der Waals surface area (Å²) < 4.78 is 46.5. The Morgan fingerprint density at radius 3 is 2.14 bits per heavy atom. The van der Waals surface area contributed by atoms with Crippen LogP contribution in [0.5, 0.6) is 0 Å². The van der Waals surface area contributed by atoms with Gasteiger partial charge in [-0.1, -0.05) is 10.4 Å². The minimum Gasteiger partial charge on any atom is -0.381 e. The van der Waals surface area contributed by atoms with Crippen LogP contribution in [0.2, 0.25) is 0 Å². The van der Waals surface area contributed by atoms with Gasteiger partial charge in [0.25, 0.3) is 11.8 Å². The second-order valence-corrected chi connectivity index (χ2v) is 8.32. The van der Waals surface area contributed by atoms with Gasteiger partial charge in [0.1, 0.15) is 0 Å². The van der Waals surface area contributed by atoms with E-state index in [1.807, 2.05) is 0 Å². The molecule has 4 heterocycles. The SMILES string of the molecule is O=C(NCc1cncc(C(F)(F)F)c1)c1cn(CCCCn2cc(C(=O)NCC3COC3)nn2)nn1. The maximum Gasteiger partial charge on any atom is 0.417 e. The van der Waals surface area contributed by atoms with Crippen molar-refractivity contribution >= 4 is 11.8 Å². The zero-order chi connectivity index (χ0) is 25.5. The Morgan fingerprint density at radius 1 is 0.972 bits per heavy atom. The fourth-order valence-corrected chi connectivity index (χ4v) is 3.31. The maximum absolute atomic E-state index is 12.8. The summed E-state index contributed by atoms with van der Waals surface area (Å²) in [4.78, 5) is 27.9. The molecule has 0 saturated carbocycles. The zero-order valence-corrected chi connectivity index (χ0v) is 19.1. The lowest BCUT2D eigenvalue weighted by atomic mass is 10.1. The van der Waals surface area contributed by atoms with Gasteiger partial charge in [-0.05, 0) is 24.5 Å². The van der Waals surface area contributed by atoms with Crippen molar-refractivity contribution in [2.45, 2.75) is 38.7 Å². The highest BCUT2D eigenvalue weighted by molar-refractivity contribution is 5.92. The summed E-state index contributed by atoms with van der Waals surface area (Å²) in [5.74, 6) is -0.484. The first-order valence-electron chi connectivity index (χ1n) is 11.2. The van der Waals surface area contributed by atoms with Crippen molar-refractivity contribution in [2.75, 3.05) is 19.8 Å². The maximum atomic E-state index is 12.8. The molecule has 0 radical (unpaired) electrons. The van der Waals surface area contributed by atoms with Crippen LogP contribution < -0.4 is 10.6 Å². The summed E-state index contributed by atoms with van der Waals surface area (Å²) in [7, 11) is 0. The van der Waals surface area contributed by atoms with E-state index >= 15 is 0 Å². The number of nitrogens with zero attached hydrogens (tertiary/aromatic N) is 7. The van der Waals surface area contributed by atoms with E-state index in [0.29, 0.717) is 51.6 Å². The van der Waals surface area contributed by atoms with Crippen molar-refractivity contribution in [1.29, 1.82) is 0 Å². The Kier molecular flexibility index (Phi) is 7.87. The molecule has 3 aromatic heterocycles. The minimum absolute atomic E-state index is 0.0512. The number of aryl methyl sites for hydroxylation is 2. The van der Waals surface area contributed by atoms with Gasteiger partial charge < -0.3 is 15.4 Å². The standard InChI is InChI=1S/C21H24F3N9O3/c22-21(23,24)16-5-14(6-25-9-16)7-26-19(34)17-10-32(30-28-17)3-1-2-4-33-11-18(29-31-33)20(35)27-8-15-12-36-13-15/h5-6,9-11,15H,1-4,7-8,12-13H2,(H,26,34)(H,27,35). The molecule has 0 atom stereocenters. The summed E-state index contributed by atoms with van der Waals surface area (Å²) in [6.07, 6.45) is 1.93. The van der Waals surface area contributed by atoms with Gasteiger partial charge in [-0.3, -0.25) is 23.9 Å². The van der Waals surface area contributed by atoms with E-state index < -0.39 is 17.6 Å². The van der Waals surface area contributed by atoms with Crippen molar-refractivity contribution in [3.8, 4) is 0 Å². The van der Waals surface area contributed by atoms with E-state index in [2.05, 4.69) is 36.2 Å². The molecule has 1 aliphatic heterocycles. The van der Waals surface area contributed by atoms with Crippen LogP contribution in [0.3, 0.4) is 0 Å². The molecule has 0 unspecified atom stereocenters. The number of unbranched alkanes of at least 4 members (excludes halogenated alkanes) is 1. The second kappa shape index (κ2) is 11.2. The summed E-state index contributed by atoms with van der Waals surface area (Å²) in [5, 5.41) is 20.9. The van der Waals surface area contributed by atoms with E-state index in [1.54, 1.807) is 10.9 Å². The molecule has 0 aliphatic carbocycles. The molecule has 36 heavy (non-hydrogen) atoms. The molecule has 12 nitrogen and oxygen atoms in total. The van der Waals surface area contributed by atoms with Gasteiger partial charge in [0.05, 0.1) is 31.2 Å². The number of pyridine rings is 1. The number of hydrogen-bond donors (Lipinski definition) is 2. The lowest BCUT2D eigenvalue weighted by Gasteiger charge is -2.25. The zero-order valence-electron chi connectivity index (χ0n) is 19.1. The third kappa shape index (κ3) is 6.84. The molecular weight excluding hydrogens is 483 g/mol. The van der Waals surface area contributed by atoms with Gasteiger partial charge in [0.15, 0.2) is 11.4 Å². The van der Waals surface area contributed by atoms with Crippen molar-refractivity contribution in [3.63, 3.8) is 0 Å². The van der Waals surface area contributed by atoms with E-state index in [9.17, 15) is 22.8 Å². The number of hydrogen-bond acceptors (Lipinski definition) is 8. The topological polar surface area (TPSA) is 142 Å². The predicted molar refractivity (Wildman–Crippen MR) is 116 cm³/mol. The van der Waals surface area contributed by atoms with E-state index in [1.165, 1.54) is 17.1 Å². The molecule has 0 spiro atoms. The first kappa shape index (κ1) is 25.2. The number of aromatic nitrogens is 7. The second-order valence-electron chi connectivity index (χ2n) is 8.32. The Hall–Kier alpha value is -3.88. The van der Waals surface area contributed by atoms with E-state index in [4.69, 9.17) is 4.74 Å². The summed E-state index contributed by atoms with van der Waals surface area (Å²) in [5.41, 5.74) is -0.365. The van der Waals surface area contributed by atoms with Crippen LogP contribution in [-0.4, -0.2) is 66.5 Å². The minimum atomic E-state index is -4.51. The van der Waals surface area contributed by atoms with Crippen LogP contribution in [0, 0.1) is 5.92 Å². The highest BCUT2D eigenvalue weighted by Gasteiger charge is 2.31. The average molecular weight is 507 g/mol. The molecule has 1 saturated heterocycles. The van der Waals surface area contributed by atoms with Crippen LogP contribution >= 0.6 is 0 Å². The molecule has 192 valence electrons. The fraction of sp³-hybridized carbons (Fsp3) is 0.476. The van der Waals surface area contributed by atoms with Crippen molar-refractivity contribution in [1.82, 2.24) is 45.6 Å². The monoisotopic (exact) mass is 507 g/mol.